The molecule has 1 aliphatic carbocycles. The zero-order valence-corrected chi connectivity index (χ0v) is 8.28. The van der Waals surface area contributed by atoms with Crippen LogP contribution in [0.15, 0.2) is 30.3 Å². The molecule has 0 radical (unpaired) electrons. The summed E-state index contributed by atoms with van der Waals surface area (Å²) in [5.41, 5.74) is 0.947. The van der Waals surface area contributed by atoms with Gasteiger partial charge >= 0.3 is 0 Å². The lowest BCUT2D eigenvalue weighted by atomic mass is 9.81. The molecular weight excluding hydrogens is 176 g/mol. The van der Waals surface area contributed by atoms with Gasteiger partial charge in [-0.3, -0.25) is 0 Å². The van der Waals surface area contributed by atoms with Crippen molar-refractivity contribution >= 4 is 0 Å². The lowest BCUT2D eigenvalue weighted by Crippen LogP contribution is -2.43. The van der Waals surface area contributed by atoms with Gasteiger partial charge < -0.3 is 9.84 Å². The van der Waals surface area contributed by atoms with E-state index in [2.05, 4.69) is 0 Å². The van der Waals surface area contributed by atoms with E-state index in [4.69, 9.17) is 4.74 Å². The minimum absolute atomic E-state index is 0.153. The highest BCUT2D eigenvalue weighted by Gasteiger charge is 2.37. The van der Waals surface area contributed by atoms with Crippen molar-refractivity contribution in [3.8, 4) is 0 Å². The van der Waals surface area contributed by atoms with Crippen molar-refractivity contribution < 1.29 is 9.84 Å². The number of benzene rings is 1. The number of aliphatic hydroxyl groups is 1. The van der Waals surface area contributed by atoms with Gasteiger partial charge in [0.2, 0.25) is 0 Å². The lowest BCUT2D eigenvalue weighted by Gasteiger charge is -2.40. The van der Waals surface area contributed by atoms with Crippen LogP contribution >= 0.6 is 0 Å². The Balaban J connectivity index is 1.88. The maximum Gasteiger partial charge on any atom is 0.0916 e. The molecule has 1 saturated carbocycles. The van der Waals surface area contributed by atoms with E-state index in [-0.39, 0.29) is 12.2 Å². The smallest absolute Gasteiger partial charge is 0.0916 e. The van der Waals surface area contributed by atoms with Crippen molar-refractivity contribution in [1.29, 1.82) is 0 Å². The van der Waals surface area contributed by atoms with E-state index in [0.717, 1.165) is 12.8 Å². The van der Waals surface area contributed by atoms with Gasteiger partial charge in [0.15, 0.2) is 0 Å². The Labute approximate surface area is 84.5 Å². The molecule has 0 heterocycles. The third-order valence-electron chi connectivity index (χ3n) is 2.94. The van der Waals surface area contributed by atoms with Gasteiger partial charge in [0.1, 0.15) is 0 Å². The van der Waals surface area contributed by atoms with E-state index in [1.807, 2.05) is 30.3 Å². The molecule has 0 atom stereocenters. The van der Waals surface area contributed by atoms with E-state index in [9.17, 15) is 5.11 Å². The Morgan fingerprint density at radius 2 is 1.93 bits per heavy atom. The van der Waals surface area contributed by atoms with E-state index in [1.54, 1.807) is 0 Å². The van der Waals surface area contributed by atoms with Crippen LogP contribution in [0.5, 0.6) is 0 Å². The molecule has 1 aromatic rings. The normalized spacial score (nSPS) is 18.9. The first-order chi connectivity index (χ1) is 6.85. The molecule has 0 saturated heterocycles. The molecule has 2 rings (SSSR count). The maximum absolute atomic E-state index is 9.19. The summed E-state index contributed by atoms with van der Waals surface area (Å²) in [6.07, 6.45) is 3.17. The number of hydrogen-bond donors (Lipinski definition) is 1. The number of hydrogen-bond acceptors (Lipinski definition) is 2. The van der Waals surface area contributed by atoms with Crippen LogP contribution in [0.2, 0.25) is 0 Å². The Morgan fingerprint density at radius 3 is 2.43 bits per heavy atom. The quantitative estimate of drug-likeness (QED) is 0.791. The summed E-state index contributed by atoms with van der Waals surface area (Å²) in [4.78, 5) is 0. The summed E-state index contributed by atoms with van der Waals surface area (Å²) in [6.45, 7) is 0.765. The van der Waals surface area contributed by atoms with Gasteiger partial charge in [-0.25, -0.2) is 0 Å². The second-order valence-electron chi connectivity index (χ2n) is 3.97. The number of ether oxygens (including phenoxy) is 1. The Hall–Kier alpha value is -0.860. The first kappa shape index (κ1) is 9.69. The highest BCUT2D eigenvalue weighted by molar-refractivity contribution is 5.13. The van der Waals surface area contributed by atoms with Crippen LogP contribution in [0, 0.1) is 0 Å². The largest absolute Gasteiger partial charge is 0.393 e. The monoisotopic (exact) mass is 192 g/mol. The molecule has 1 aliphatic rings. The average molecular weight is 192 g/mol. The molecule has 0 bridgehead atoms. The van der Waals surface area contributed by atoms with Crippen LogP contribution in [0.1, 0.15) is 24.8 Å². The third kappa shape index (κ3) is 1.97. The summed E-state index contributed by atoms with van der Waals surface area (Å²) < 4.78 is 5.75. The van der Waals surface area contributed by atoms with Crippen LogP contribution < -0.4 is 0 Å². The molecule has 1 fully saturated rings. The molecule has 2 heteroatoms. The molecule has 0 unspecified atom stereocenters. The van der Waals surface area contributed by atoms with E-state index >= 15 is 0 Å². The van der Waals surface area contributed by atoms with Crippen LogP contribution in [0.4, 0.5) is 0 Å². The fourth-order valence-electron chi connectivity index (χ4n) is 1.73. The Morgan fingerprint density at radius 1 is 1.21 bits per heavy atom. The van der Waals surface area contributed by atoms with Crippen molar-refractivity contribution in [2.45, 2.75) is 31.5 Å². The summed E-state index contributed by atoms with van der Waals surface area (Å²) in [5.74, 6) is 0. The van der Waals surface area contributed by atoms with Gasteiger partial charge in [0.25, 0.3) is 0 Å². The summed E-state index contributed by atoms with van der Waals surface area (Å²) in [5, 5.41) is 9.19. The zero-order chi connectivity index (χ0) is 9.86. The molecule has 1 N–H and O–H groups in total. The van der Waals surface area contributed by atoms with Crippen LogP contribution in [0.3, 0.4) is 0 Å². The number of rotatable bonds is 4. The summed E-state index contributed by atoms with van der Waals surface area (Å²) in [7, 11) is 0. The molecule has 0 spiro atoms. The summed E-state index contributed by atoms with van der Waals surface area (Å²) in [6, 6.07) is 10.1. The van der Waals surface area contributed by atoms with Crippen LogP contribution in [-0.4, -0.2) is 17.3 Å². The third-order valence-corrected chi connectivity index (χ3v) is 2.94. The predicted octanol–water partition coefficient (Wildman–Crippen LogP) is 2.12. The van der Waals surface area contributed by atoms with Gasteiger partial charge in [0.05, 0.1) is 18.8 Å². The van der Waals surface area contributed by atoms with Crippen molar-refractivity contribution in [3.05, 3.63) is 35.9 Å². The molecular formula is C12H16O2. The minimum Gasteiger partial charge on any atom is -0.393 e. The summed E-state index contributed by atoms with van der Waals surface area (Å²) >= 11 is 0. The molecule has 0 aliphatic heterocycles. The zero-order valence-electron chi connectivity index (χ0n) is 8.28. The van der Waals surface area contributed by atoms with Crippen molar-refractivity contribution in [3.63, 3.8) is 0 Å². The number of aliphatic hydroxyl groups excluding tert-OH is 1. The van der Waals surface area contributed by atoms with Crippen molar-refractivity contribution in [1.82, 2.24) is 0 Å². The van der Waals surface area contributed by atoms with Crippen molar-refractivity contribution in [2.24, 2.45) is 0 Å². The second-order valence-corrected chi connectivity index (χ2v) is 3.97. The first-order valence-corrected chi connectivity index (χ1v) is 5.13. The lowest BCUT2D eigenvalue weighted by molar-refractivity contribution is -0.136. The second kappa shape index (κ2) is 4.11. The van der Waals surface area contributed by atoms with Gasteiger partial charge in [-0.05, 0) is 24.8 Å². The Kier molecular flexibility index (Phi) is 2.85. The first-order valence-electron chi connectivity index (χ1n) is 5.13. The van der Waals surface area contributed by atoms with E-state index in [0.29, 0.717) is 6.61 Å². The van der Waals surface area contributed by atoms with Gasteiger partial charge in [-0.15, -0.1) is 0 Å². The molecule has 14 heavy (non-hydrogen) atoms. The van der Waals surface area contributed by atoms with Gasteiger partial charge in [-0.2, -0.15) is 0 Å². The predicted molar refractivity (Wildman–Crippen MR) is 54.9 cm³/mol. The highest BCUT2D eigenvalue weighted by atomic mass is 16.5. The molecule has 0 amide bonds. The topological polar surface area (TPSA) is 29.5 Å². The molecule has 76 valence electrons. The van der Waals surface area contributed by atoms with Gasteiger partial charge in [0, 0.05) is 0 Å². The molecule has 1 aromatic carbocycles. The van der Waals surface area contributed by atoms with E-state index < -0.39 is 0 Å². The standard InChI is InChI=1S/C12H16O2/c13-10-12(7-4-8-12)14-9-11-5-2-1-3-6-11/h1-3,5-6,13H,4,7-10H2. The van der Waals surface area contributed by atoms with E-state index in [1.165, 1.54) is 12.0 Å². The molecule has 2 nitrogen and oxygen atoms in total. The average Bonchev–Trinajstić information content (AvgIpc) is 2.19. The minimum atomic E-state index is -0.226. The fraction of sp³-hybridized carbons (Fsp3) is 0.500. The van der Waals surface area contributed by atoms with Crippen LogP contribution in [0.25, 0.3) is 0 Å². The maximum atomic E-state index is 9.19. The fourth-order valence-corrected chi connectivity index (χ4v) is 1.73. The van der Waals surface area contributed by atoms with Crippen molar-refractivity contribution in [2.75, 3.05) is 6.61 Å². The Bertz CT molecular complexity index is 272. The van der Waals surface area contributed by atoms with Gasteiger partial charge in [-0.1, -0.05) is 30.3 Å². The molecule has 0 aromatic heterocycles. The van der Waals surface area contributed by atoms with Crippen LogP contribution in [-0.2, 0) is 11.3 Å². The SMILES string of the molecule is OCC1(OCc2ccccc2)CCC1. The highest BCUT2D eigenvalue weighted by Crippen LogP contribution is 2.35.